The van der Waals surface area contributed by atoms with E-state index in [4.69, 9.17) is 11.6 Å². The number of aryl methyl sites for hydroxylation is 1. The second-order valence-electron chi connectivity index (χ2n) is 7.98. The number of benzene rings is 1. The molecular formula is C22H25ClN2O4S. The predicted molar refractivity (Wildman–Crippen MR) is 118 cm³/mol. The highest BCUT2D eigenvalue weighted by Gasteiger charge is 2.36. The van der Waals surface area contributed by atoms with Crippen LogP contribution < -0.4 is 10.6 Å². The molecular weight excluding hydrogens is 424 g/mol. The molecule has 0 saturated heterocycles. The zero-order valence-electron chi connectivity index (χ0n) is 16.5. The van der Waals surface area contributed by atoms with Gasteiger partial charge in [0.1, 0.15) is 5.00 Å². The fraction of sp³-hybridized carbons (Fsp3) is 0.455. The second kappa shape index (κ2) is 9.06. The maximum absolute atomic E-state index is 13.1. The van der Waals surface area contributed by atoms with Crippen molar-refractivity contribution in [2.75, 3.05) is 10.6 Å². The van der Waals surface area contributed by atoms with E-state index in [2.05, 4.69) is 10.6 Å². The van der Waals surface area contributed by atoms with E-state index in [1.165, 1.54) is 11.3 Å². The third-order valence-electron chi connectivity index (χ3n) is 6.03. The van der Waals surface area contributed by atoms with Crippen LogP contribution in [0.25, 0.3) is 0 Å². The number of carbonyl (C=O) groups excluding carboxylic acids is 2. The van der Waals surface area contributed by atoms with Crippen LogP contribution in [0.5, 0.6) is 0 Å². The van der Waals surface area contributed by atoms with Gasteiger partial charge in [0, 0.05) is 27.4 Å². The monoisotopic (exact) mass is 448 g/mol. The Morgan fingerprint density at radius 1 is 1.03 bits per heavy atom. The molecule has 0 radical (unpaired) electrons. The van der Waals surface area contributed by atoms with Crippen LogP contribution in [0.3, 0.4) is 0 Å². The molecule has 1 saturated carbocycles. The number of aliphatic hydroxyl groups excluding tert-OH is 1. The van der Waals surface area contributed by atoms with Crippen molar-refractivity contribution in [3.63, 3.8) is 0 Å². The number of thiophene rings is 1. The number of carbonyl (C=O) groups is 2. The van der Waals surface area contributed by atoms with E-state index in [1.807, 2.05) is 0 Å². The van der Waals surface area contributed by atoms with Crippen LogP contribution in [0, 0.1) is 11.8 Å². The third-order valence-corrected chi connectivity index (χ3v) is 7.49. The molecule has 2 unspecified atom stereocenters. The smallest absolute Gasteiger partial charge is 0.258 e. The minimum absolute atomic E-state index is 0.242. The molecule has 0 spiro atoms. The van der Waals surface area contributed by atoms with Crippen molar-refractivity contribution in [3.8, 4) is 0 Å². The normalized spacial score (nSPS) is 20.8. The summed E-state index contributed by atoms with van der Waals surface area (Å²) in [6.45, 7) is 0. The van der Waals surface area contributed by atoms with Gasteiger partial charge in [-0.15, -0.1) is 11.3 Å². The molecule has 2 aliphatic carbocycles. The van der Waals surface area contributed by atoms with Gasteiger partial charge in [0.25, 0.3) is 5.91 Å². The topological polar surface area (TPSA) is 98.7 Å². The van der Waals surface area contributed by atoms with Crippen molar-refractivity contribution in [1.29, 1.82) is 0 Å². The van der Waals surface area contributed by atoms with Gasteiger partial charge in [-0.2, -0.15) is 0 Å². The lowest BCUT2D eigenvalue weighted by Crippen LogP contribution is -2.38. The van der Waals surface area contributed by atoms with Crippen LogP contribution in [0.2, 0.25) is 5.02 Å². The highest BCUT2D eigenvalue weighted by molar-refractivity contribution is 7.17. The average Bonchev–Trinajstić information content (AvgIpc) is 3.30. The Hall–Kier alpha value is -1.93. The summed E-state index contributed by atoms with van der Waals surface area (Å²) in [5.41, 5.74) is 2.16. The Bertz CT molecular complexity index is 941. The summed E-state index contributed by atoms with van der Waals surface area (Å²) in [7, 11) is 0. The van der Waals surface area contributed by atoms with Crippen molar-refractivity contribution in [2.24, 2.45) is 11.8 Å². The number of rotatable bonds is 5. The summed E-state index contributed by atoms with van der Waals surface area (Å²) in [5.74, 6) is -1.44. The molecule has 1 fully saturated rings. The number of anilines is 2. The maximum atomic E-state index is 13.1. The number of hydrogen-bond donors (Lipinski definition) is 4. The minimum atomic E-state index is -1.51. The Balaban J connectivity index is 1.57. The fourth-order valence-electron chi connectivity index (χ4n) is 4.51. The van der Waals surface area contributed by atoms with Gasteiger partial charge in [-0.1, -0.05) is 24.4 Å². The summed E-state index contributed by atoms with van der Waals surface area (Å²) in [5, 5.41) is 26.4. The summed E-state index contributed by atoms with van der Waals surface area (Å²) >= 11 is 7.37. The average molecular weight is 449 g/mol. The lowest BCUT2D eigenvalue weighted by molar-refractivity contribution is -0.138. The summed E-state index contributed by atoms with van der Waals surface area (Å²) in [4.78, 5) is 27.2. The summed E-state index contributed by atoms with van der Waals surface area (Å²) in [6.07, 6.45) is 4.19. The number of hydrogen-bond acceptors (Lipinski definition) is 5. The number of amides is 2. The van der Waals surface area contributed by atoms with E-state index in [9.17, 15) is 19.8 Å². The molecule has 0 bridgehead atoms. The van der Waals surface area contributed by atoms with Gasteiger partial charge in [-0.05, 0) is 61.9 Å². The van der Waals surface area contributed by atoms with E-state index in [-0.39, 0.29) is 11.8 Å². The molecule has 30 heavy (non-hydrogen) atoms. The number of aliphatic hydroxyl groups is 2. The molecule has 1 aromatic heterocycles. The van der Waals surface area contributed by atoms with E-state index >= 15 is 0 Å². The first-order chi connectivity index (χ1) is 14.4. The van der Waals surface area contributed by atoms with Gasteiger partial charge in [-0.25, -0.2) is 0 Å². The highest BCUT2D eigenvalue weighted by Crippen LogP contribution is 2.41. The third kappa shape index (κ3) is 4.39. The van der Waals surface area contributed by atoms with Crippen molar-refractivity contribution in [2.45, 2.75) is 51.2 Å². The molecule has 6 nitrogen and oxygen atoms in total. The van der Waals surface area contributed by atoms with E-state index in [1.54, 1.807) is 24.3 Å². The Morgan fingerprint density at radius 3 is 2.50 bits per heavy atom. The van der Waals surface area contributed by atoms with Gasteiger partial charge in [0.2, 0.25) is 5.91 Å². The number of nitrogens with one attached hydrogen (secondary N) is 2. The van der Waals surface area contributed by atoms with E-state index in [0.29, 0.717) is 34.1 Å². The SMILES string of the molecule is O=C(Nc1ccc(Cl)cc1)c1c(NC(=O)C2CCCCC2C(O)O)sc2c1CCC2. The number of fused-ring (bicyclic) bond motifs is 1. The lowest BCUT2D eigenvalue weighted by atomic mass is 9.78. The zero-order chi connectivity index (χ0) is 21.3. The minimum Gasteiger partial charge on any atom is -0.368 e. The molecule has 8 heteroatoms. The highest BCUT2D eigenvalue weighted by atomic mass is 35.5. The first kappa shape index (κ1) is 21.3. The van der Waals surface area contributed by atoms with Gasteiger partial charge in [-0.3, -0.25) is 9.59 Å². The molecule has 2 aliphatic rings. The van der Waals surface area contributed by atoms with Crippen molar-refractivity contribution >= 4 is 45.4 Å². The van der Waals surface area contributed by atoms with E-state index in [0.717, 1.165) is 42.5 Å². The van der Waals surface area contributed by atoms with Crippen LogP contribution >= 0.6 is 22.9 Å². The standard InChI is InChI=1S/C22H25ClN2O4S/c23-12-8-10-13(11-9-12)24-20(27)18-16-6-3-7-17(16)30-21(18)25-19(26)14-4-1-2-5-15(14)22(28)29/h8-11,14-15,22,28-29H,1-7H2,(H,24,27)(H,25,26). The van der Waals surface area contributed by atoms with Crippen molar-refractivity contribution in [3.05, 3.63) is 45.3 Å². The summed E-state index contributed by atoms with van der Waals surface area (Å²) < 4.78 is 0. The van der Waals surface area contributed by atoms with Gasteiger partial charge in [0.05, 0.1) is 5.56 Å². The molecule has 4 N–H and O–H groups in total. The Labute approximate surface area is 184 Å². The van der Waals surface area contributed by atoms with Gasteiger partial charge < -0.3 is 20.8 Å². The van der Waals surface area contributed by atoms with Crippen molar-refractivity contribution < 1.29 is 19.8 Å². The van der Waals surface area contributed by atoms with Gasteiger partial charge in [0.15, 0.2) is 6.29 Å². The van der Waals surface area contributed by atoms with Gasteiger partial charge >= 0.3 is 0 Å². The Morgan fingerprint density at radius 2 is 1.77 bits per heavy atom. The first-order valence-corrected chi connectivity index (χ1v) is 11.5. The van der Waals surface area contributed by atoms with E-state index < -0.39 is 18.1 Å². The zero-order valence-corrected chi connectivity index (χ0v) is 18.1. The second-order valence-corrected chi connectivity index (χ2v) is 9.52. The quantitative estimate of drug-likeness (QED) is 0.515. The predicted octanol–water partition coefficient (Wildman–Crippen LogP) is 4.20. The van der Waals surface area contributed by atoms with Crippen molar-refractivity contribution in [1.82, 2.24) is 0 Å². The van der Waals surface area contributed by atoms with Crippen LogP contribution in [0.15, 0.2) is 24.3 Å². The molecule has 0 aliphatic heterocycles. The van der Waals surface area contributed by atoms with Crippen LogP contribution in [0.1, 0.15) is 52.9 Å². The van der Waals surface area contributed by atoms with Crippen LogP contribution in [-0.4, -0.2) is 28.3 Å². The summed E-state index contributed by atoms with van der Waals surface area (Å²) in [6, 6.07) is 6.89. The molecule has 2 atom stereocenters. The number of halogens is 1. The van der Waals surface area contributed by atoms with Crippen LogP contribution in [0.4, 0.5) is 10.7 Å². The molecule has 2 amide bonds. The Kier molecular flexibility index (Phi) is 6.43. The largest absolute Gasteiger partial charge is 0.368 e. The first-order valence-electron chi connectivity index (χ1n) is 10.3. The molecule has 4 rings (SSSR count). The molecule has 2 aromatic rings. The molecule has 160 valence electrons. The van der Waals surface area contributed by atoms with Crippen LogP contribution in [-0.2, 0) is 17.6 Å². The molecule has 1 heterocycles. The molecule has 1 aromatic carbocycles. The fourth-order valence-corrected chi connectivity index (χ4v) is 5.92. The maximum Gasteiger partial charge on any atom is 0.258 e. The lowest BCUT2D eigenvalue weighted by Gasteiger charge is -2.31.